The molecule has 6 heteroatoms. The van der Waals surface area contributed by atoms with Crippen molar-refractivity contribution in [2.24, 2.45) is 0 Å². The van der Waals surface area contributed by atoms with Gasteiger partial charge in [-0.25, -0.2) is 0 Å². The lowest BCUT2D eigenvalue weighted by Crippen LogP contribution is -2.31. The summed E-state index contributed by atoms with van der Waals surface area (Å²) in [7, 11) is 0. The van der Waals surface area contributed by atoms with Gasteiger partial charge < -0.3 is 5.32 Å². The number of hydrogen-bond donors (Lipinski definition) is 1. The second-order valence-corrected chi connectivity index (χ2v) is 8.15. The number of carbonyl (C=O) groups excluding carboxylic acids is 2. The van der Waals surface area contributed by atoms with Crippen LogP contribution in [0.2, 0.25) is 0 Å². The fourth-order valence-electron chi connectivity index (χ4n) is 2.55. The Morgan fingerprint density at radius 3 is 2.62 bits per heavy atom. The van der Waals surface area contributed by atoms with Crippen molar-refractivity contribution in [3.05, 3.63) is 29.3 Å². The molecule has 1 unspecified atom stereocenters. The summed E-state index contributed by atoms with van der Waals surface area (Å²) in [4.78, 5) is 25.6. The van der Waals surface area contributed by atoms with E-state index in [0.29, 0.717) is 17.3 Å². The molecule has 1 atom stereocenters. The first-order chi connectivity index (χ1) is 11.4. The van der Waals surface area contributed by atoms with Crippen LogP contribution in [0.5, 0.6) is 0 Å². The van der Waals surface area contributed by atoms with Crippen molar-refractivity contribution in [2.45, 2.75) is 51.7 Å². The Kier molecular flexibility index (Phi) is 6.80. The minimum atomic E-state index is -0.0544. The molecule has 1 aromatic carbocycles. The third-order valence-electron chi connectivity index (χ3n) is 4.19. The van der Waals surface area contributed by atoms with Gasteiger partial charge in [-0.3, -0.25) is 14.5 Å². The molecule has 1 saturated heterocycles. The molecule has 1 N–H and O–H groups in total. The van der Waals surface area contributed by atoms with Gasteiger partial charge in [0.1, 0.15) is 4.32 Å². The number of benzene rings is 1. The number of amides is 2. The van der Waals surface area contributed by atoms with Crippen LogP contribution < -0.4 is 5.32 Å². The molecular weight excluding hydrogens is 340 g/mol. The number of nitrogens with one attached hydrogen (secondary N) is 1. The second-order valence-electron chi connectivity index (χ2n) is 6.17. The van der Waals surface area contributed by atoms with Gasteiger partial charge in [-0.15, -0.1) is 0 Å². The number of nitrogens with zero attached hydrogens (tertiary/aromatic N) is 1. The van der Waals surface area contributed by atoms with Gasteiger partial charge in [0.25, 0.3) is 0 Å². The van der Waals surface area contributed by atoms with Crippen molar-refractivity contribution in [1.82, 2.24) is 4.90 Å². The van der Waals surface area contributed by atoms with Crippen LogP contribution in [0.15, 0.2) is 18.2 Å². The highest BCUT2D eigenvalue weighted by Gasteiger charge is 2.32. The molecule has 4 nitrogen and oxygen atoms in total. The van der Waals surface area contributed by atoms with Crippen LogP contribution in [0, 0.1) is 13.8 Å². The number of thiocarbonyl (C=S) groups is 1. The second kappa shape index (κ2) is 8.62. The van der Waals surface area contributed by atoms with Crippen molar-refractivity contribution in [3.63, 3.8) is 0 Å². The number of unbranched alkanes of at least 4 members (excludes halogenated alkanes) is 2. The van der Waals surface area contributed by atoms with Gasteiger partial charge in [0.2, 0.25) is 11.8 Å². The van der Waals surface area contributed by atoms with Gasteiger partial charge in [0, 0.05) is 18.7 Å². The van der Waals surface area contributed by atoms with Crippen molar-refractivity contribution in [3.8, 4) is 0 Å². The summed E-state index contributed by atoms with van der Waals surface area (Å²) in [5.41, 5.74) is 3.24. The summed E-state index contributed by atoms with van der Waals surface area (Å²) in [6.07, 6.45) is 3.09. The molecule has 0 spiro atoms. The number of anilines is 1. The zero-order chi connectivity index (χ0) is 17.7. The van der Waals surface area contributed by atoms with E-state index in [-0.39, 0.29) is 17.1 Å². The minimum Gasteiger partial charge on any atom is -0.326 e. The average Bonchev–Trinajstić information content (AvgIpc) is 2.76. The molecule has 1 aromatic rings. The third kappa shape index (κ3) is 5.05. The molecule has 0 aromatic heterocycles. The number of hydrogen-bond acceptors (Lipinski definition) is 4. The Hall–Kier alpha value is -1.40. The van der Waals surface area contributed by atoms with Crippen molar-refractivity contribution >= 4 is 45.8 Å². The summed E-state index contributed by atoms with van der Waals surface area (Å²) in [5.74, 6) is 0.146. The van der Waals surface area contributed by atoms with Crippen LogP contribution in [0.1, 0.15) is 43.7 Å². The molecule has 1 heterocycles. The van der Waals surface area contributed by atoms with Gasteiger partial charge in [0.05, 0.1) is 5.25 Å². The number of thioether (sulfide) groups is 1. The number of carbonyl (C=O) groups is 2. The summed E-state index contributed by atoms with van der Waals surface area (Å²) >= 11 is 6.66. The van der Waals surface area contributed by atoms with Crippen LogP contribution in [0.25, 0.3) is 0 Å². The smallest absolute Gasteiger partial charge is 0.241 e. The maximum atomic E-state index is 12.0. The van der Waals surface area contributed by atoms with Gasteiger partial charge >= 0.3 is 0 Å². The van der Waals surface area contributed by atoms with Gasteiger partial charge in [-0.1, -0.05) is 36.5 Å². The molecule has 2 amide bonds. The molecule has 0 bridgehead atoms. The predicted molar refractivity (Wildman–Crippen MR) is 104 cm³/mol. The average molecular weight is 365 g/mol. The zero-order valence-corrected chi connectivity index (χ0v) is 16.1. The van der Waals surface area contributed by atoms with Crippen LogP contribution in [-0.4, -0.2) is 32.8 Å². The largest absolute Gasteiger partial charge is 0.326 e. The summed E-state index contributed by atoms with van der Waals surface area (Å²) in [6, 6.07) is 5.94. The lowest BCUT2D eigenvalue weighted by atomic mass is 10.1. The third-order valence-corrected chi connectivity index (χ3v) is 5.67. The van der Waals surface area contributed by atoms with E-state index in [4.69, 9.17) is 12.2 Å². The fraction of sp³-hybridized carbons (Fsp3) is 0.500. The van der Waals surface area contributed by atoms with E-state index in [9.17, 15) is 9.59 Å². The zero-order valence-electron chi connectivity index (χ0n) is 14.4. The van der Waals surface area contributed by atoms with Gasteiger partial charge in [-0.05, 0) is 56.9 Å². The first-order valence-electron chi connectivity index (χ1n) is 8.27. The molecule has 130 valence electrons. The van der Waals surface area contributed by atoms with Crippen molar-refractivity contribution in [2.75, 3.05) is 11.9 Å². The maximum absolute atomic E-state index is 12.0. The highest BCUT2D eigenvalue weighted by Crippen LogP contribution is 2.27. The molecule has 0 saturated carbocycles. The SMILES string of the molecule is Cc1ccc(NC(=O)CCCCCN2C(=O)C(C)SC2=S)cc1C. The Balaban J connectivity index is 1.65. The van der Waals surface area contributed by atoms with Crippen LogP contribution >= 0.6 is 24.0 Å². The number of rotatable bonds is 7. The van der Waals surface area contributed by atoms with Gasteiger partial charge in [-0.2, -0.15) is 0 Å². The molecular formula is C18H24N2O2S2. The van der Waals surface area contributed by atoms with E-state index >= 15 is 0 Å². The van der Waals surface area contributed by atoms with E-state index in [0.717, 1.165) is 24.9 Å². The van der Waals surface area contributed by atoms with Crippen LogP contribution in [0.3, 0.4) is 0 Å². The molecule has 1 aliphatic heterocycles. The van der Waals surface area contributed by atoms with Gasteiger partial charge in [0.15, 0.2) is 0 Å². The standard InChI is InChI=1S/C18H24N2O2S2/c1-12-8-9-15(11-13(12)2)19-16(21)7-5-4-6-10-20-17(22)14(3)24-18(20)23/h8-9,11,14H,4-7,10H2,1-3H3,(H,19,21). The molecule has 2 rings (SSSR count). The molecule has 0 aliphatic carbocycles. The predicted octanol–water partition coefficient (Wildman–Crippen LogP) is 4.05. The van der Waals surface area contributed by atoms with Crippen molar-refractivity contribution < 1.29 is 9.59 Å². The van der Waals surface area contributed by atoms with E-state index < -0.39 is 0 Å². The summed E-state index contributed by atoms with van der Waals surface area (Å²) in [5, 5.41) is 2.88. The topological polar surface area (TPSA) is 49.4 Å². The van der Waals surface area contributed by atoms with Crippen molar-refractivity contribution in [1.29, 1.82) is 0 Å². The Morgan fingerprint density at radius 1 is 1.25 bits per heavy atom. The van der Waals surface area contributed by atoms with Crippen LogP contribution in [-0.2, 0) is 9.59 Å². The Bertz CT molecular complexity index is 646. The lowest BCUT2D eigenvalue weighted by molar-refractivity contribution is -0.125. The quantitative estimate of drug-likeness (QED) is 0.586. The Labute approximate surface area is 153 Å². The lowest BCUT2D eigenvalue weighted by Gasteiger charge is -2.14. The highest BCUT2D eigenvalue weighted by atomic mass is 32.2. The number of aryl methyl sites for hydroxylation is 2. The maximum Gasteiger partial charge on any atom is 0.241 e. The monoisotopic (exact) mass is 364 g/mol. The van der Waals surface area contributed by atoms with Crippen LogP contribution in [0.4, 0.5) is 5.69 Å². The molecule has 1 aliphatic rings. The first kappa shape index (κ1) is 18.9. The normalized spacial score (nSPS) is 17.5. The molecule has 1 fully saturated rings. The van der Waals surface area contributed by atoms with E-state index in [1.54, 1.807) is 4.90 Å². The molecule has 24 heavy (non-hydrogen) atoms. The van der Waals surface area contributed by atoms with E-state index in [1.165, 1.54) is 22.9 Å². The first-order valence-corrected chi connectivity index (χ1v) is 9.56. The summed E-state index contributed by atoms with van der Waals surface area (Å²) in [6.45, 7) is 6.63. The highest BCUT2D eigenvalue weighted by molar-refractivity contribution is 8.24. The van der Waals surface area contributed by atoms with E-state index in [1.807, 2.05) is 32.0 Å². The fourth-order valence-corrected chi connectivity index (χ4v) is 4.00. The van der Waals surface area contributed by atoms with E-state index in [2.05, 4.69) is 12.2 Å². The summed E-state index contributed by atoms with van der Waals surface area (Å²) < 4.78 is 0.681. The minimum absolute atomic E-state index is 0.0372. The molecule has 0 radical (unpaired) electrons. The Morgan fingerprint density at radius 2 is 2.00 bits per heavy atom.